The lowest BCUT2D eigenvalue weighted by molar-refractivity contribution is -0.132. The number of aliphatic hydroxyl groups is 1. The van der Waals surface area contributed by atoms with Crippen LogP contribution in [0, 0.1) is 25.2 Å². The number of nitrogens with zero attached hydrogens (tertiary/aromatic N) is 1. The zero-order valence-corrected chi connectivity index (χ0v) is 15.2. The molecule has 1 aromatic rings. The molecule has 2 atom stereocenters. The minimum absolute atomic E-state index is 0.162. The number of hydrogen-bond donors (Lipinski definition) is 2. The number of carbonyl (C=O) groups excluding carboxylic acids is 2. The Kier molecular flexibility index (Phi) is 5.33. The van der Waals surface area contributed by atoms with Gasteiger partial charge in [0.1, 0.15) is 5.92 Å². The quantitative estimate of drug-likeness (QED) is 0.830. The average Bonchev–Trinajstić information content (AvgIpc) is 2.88. The third-order valence-corrected chi connectivity index (χ3v) is 4.79. The fourth-order valence-corrected chi connectivity index (χ4v) is 2.70. The average molecular weight is 332 g/mol. The van der Waals surface area contributed by atoms with Gasteiger partial charge in [0.25, 0.3) is 0 Å². The lowest BCUT2D eigenvalue weighted by Gasteiger charge is -2.26. The van der Waals surface area contributed by atoms with Crippen molar-refractivity contribution in [2.75, 3.05) is 18.0 Å². The Morgan fingerprint density at radius 1 is 1.33 bits per heavy atom. The fourth-order valence-electron chi connectivity index (χ4n) is 2.70. The molecule has 1 aromatic carbocycles. The van der Waals surface area contributed by atoms with Crippen LogP contribution >= 0.6 is 0 Å². The molecular formula is C19H28N2O3. The van der Waals surface area contributed by atoms with Gasteiger partial charge in [-0.25, -0.2) is 0 Å². The third kappa shape index (κ3) is 3.96. The van der Waals surface area contributed by atoms with E-state index in [4.69, 9.17) is 0 Å². The maximum absolute atomic E-state index is 12.6. The Balaban J connectivity index is 2.00. The molecule has 5 heteroatoms. The van der Waals surface area contributed by atoms with E-state index in [0.29, 0.717) is 13.0 Å². The van der Waals surface area contributed by atoms with Gasteiger partial charge in [-0.15, -0.1) is 0 Å². The number of benzene rings is 1. The van der Waals surface area contributed by atoms with E-state index in [1.165, 1.54) is 5.56 Å². The summed E-state index contributed by atoms with van der Waals surface area (Å²) in [6.07, 6.45) is -0.141. The van der Waals surface area contributed by atoms with Gasteiger partial charge in [0.15, 0.2) is 0 Å². The number of anilines is 1. The smallest absolute Gasteiger partial charge is 0.239 e. The molecule has 0 radical (unpaired) electrons. The SMILES string of the molecule is Cc1ccc(N2CCC(C(=O)NCC(O)C(C)(C)C)C2=O)cc1C. The first-order valence-electron chi connectivity index (χ1n) is 8.45. The van der Waals surface area contributed by atoms with Gasteiger partial charge >= 0.3 is 0 Å². The van der Waals surface area contributed by atoms with Crippen LogP contribution in [0.25, 0.3) is 0 Å². The van der Waals surface area contributed by atoms with Crippen LogP contribution in [0.5, 0.6) is 0 Å². The maximum Gasteiger partial charge on any atom is 0.239 e. The highest BCUT2D eigenvalue weighted by atomic mass is 16.3. The van der Waals surface area contributed by atoms with Gasteiger partial charge in [0.2, 0.25) is 11.8 Å². The molecule has 24 heavy (non-hydrogen) atoms. The lowest BCUT2D eigenvalue weighted by Crippen LogP contribution is -2.43. The van der Waals surface area contributed by atoms with Crippen LogP contribution in [0.4, 0.5) is 5.69 Å². The zero-order chi connectivity index (χ0) is 18.1. The highest BCUT2D eigenvalue weighted by Gasteiger charge is 2.38. The van der Waals surface area contributed by atoms with E-state index in [1.54, 1.807) is 4.90 Å². The van der Waals surface area contributed by atoms with Crippen LogP contribution in [0.15, 0.2) is 18.2 Å². The Hall–Kier alpha value is -1.88. The van der Waals surface area contributed by atoms with E-state index in [1.807, 2.05) is 52.8 Å². The minimum atomic E-state index is -0.668. The standard InChI is InChI=1S/C19H28N2O3/c1-12-6-7-14(10-13(12)2)21-9-8-15(18(21)24)17(23)20-11-16(22)19(3,4)5/h6-7,10,15-16,22H,8-9,11H2,1-5H3,(H,20,23). The van der Waals surface area contributed by atoms with E-state index in [0.717, 1.165) is 11.3 Å². The number of carbonyl (C=O) groups is 2. The minimum Gasteiger partial charge on any atom is -0.391 e. The molecule has 1 saturated heterocycles. The number of rotatable bonds is 4. The second-order valence-corrected chi connectivity index (χ2v) is 7.73. The van der Waals surface area contributed by atoms with Crippen LogP contribution < -0.4 is 10.2 Å². The fraction of sp³-hybridized carbons (Fsp3) is 0.579. The van der Waals surface area contributed by atoms with Crippen LogP contribution in [-0.2, 0) is 9.59 Å². The van der Waals surface area contributed by atoms with E-state index >= 15 is 0 Å². The van der Waals surface area contributed by atoms with Gasteiger partial charge in [-0.05, 0) is 48.9 Å². The van der Waals surface area contributed by atoms with Gasteiger partial charge < -0.3 is 15.3 Å². The molecule has 5 nitrogen and oxygen atoms in total. The van der Waals surface area contributed by atoms with E-state index < -0.39 is 12.0 Å². The van der Waals surface area contributed by atoms with Crippen molar-refractivity contribution < 1.29 is 14.7 Å². The first-order valence-corrected chi connectivity index (χ1v) is 8.45. The lowest BCUT2D eigenvalue weighted by atomic mass is 9.89. The summed E-state index contributed by atoms with van der Waals surface area (Å²) in [7, 11) is 0. The predicted octanol–water partition coefficient (Wildman–Crippen LogP) is 2.18. The number of aryl methyl sites for hydroxylation is 2. The molecule has 2 N–H and O–H groups in total. The van der Waals surface area contributed by atoms with E-state index in [2.05, 4.69) is 5.32 Å². The second-order valence-electron chi connectivity index (χ2n) is 7.73. The predicted molar refractivity (Wildman–Crippen MR) is 94.8 cm³/mol. The van der Waals surface area contributed by atoms with Gasteiger partial charge in [0, 0.05) is 18.8 Å². The summed E-state index contributed by atoms with van der Waals surface area (Å²) in [5.41, 5.74) is 2.84. The summed E-state index contributed by atoms with van der Waals surface area (Å²) in [4.78, 5) is 26.6. The molecule has 1 aliphatic heterocycles. The first kappa shape index (κ1) is 18.5. The van der Waals surface area contributed by atoms with Crippen LogP contribution in [0.2, 0.25) is 0 Å². The number of amides is 2. The molecule has 132 valence electrons. The Morgan fingerprint density at radius 2 is 2.00 bits per heavy atom. The van der Waals surface area contributed by atoms with Crippen LogP contribution in [0.1, 0.15) is 38.3 Å². The van der Waals surface area contributed by atoms with Crippen molar-refractivity contribution in [3.63, 3.8) is 0 Å². The van der Waals surface area contributed by atoms with Crippen molar-refractivity contribution in [3.05, 3.63) is 29.3 Å². The highest BCUT2D eigenvalue weighted by Crippen LogP contribution is 2.27. The second kappa shape index (κ2) is 6.93. The monoisotopic (exact) mass is 332 g/mol. The Morgan fingerprint density at radius 3 is 2.58 bits per heavy atom. The molecule has 1 heterocycles. The summed E-state index contributed by atoms with van der Waals surface area (Å²) in [6.45, 7) is 10.5. The first-order chi connectivity index (χ1) is 11.1. The maximum atomic E-state index is 12.6. The van der Waals surface area contributed by atoms with E-state index in [9.17, 15) is 14.7 Å². The number of hydrogen-bond acceptors (Lipinski definition) is 3. The molecule has 2 unspecified atom stereocenters. The van der Waals surface area contributed by atoms with Crippen molar-refractivity contribution in [2.24, 2.45) is 11.3 Å². The summed E-state index contributed by atoms with van der Waals surface area (Å²) in [6, 6.07) is 5.89. The summed E-state index contributed by atoms with van der Waals surface area (Å²) >= 11 is 0. The number of aliphatic hydroxyl groups excluding tert-OH is 1. The normalized spacial score (nSPS) is 19.5. The van der Waals surface area contributed by atoms with Gasteiger partial charge in [-0.2, -0.15) is 0 Å². The van der Waals surface area contributed by atoms with Gasteiger partial charge in [0.05, 0.1) is 6.10 Å². The molecule has 2 amide bonds. The molecule has 1 fully saturated rings. The Labute approximate surface area is 144 Å². The van der Waals surface area contributed by atoms with Crippen LogP contribution in [0.3, 0.4) is 0 Å². The zero-order valence-electron chi connectivity index (χ0n) is 15.2. The van der Waals surface area contributed by atoms with Crippen molar-refractivity contribution >= 4 is 17.5 Å². The van der Waals surface area contributed by atoms with Crippen molar-refractivity contribution in [2.45, 2.75) is 47.1 Å². The molecule has 0 aromatic heterocycles. The van der Waals surface area contributed by atoms with Crippen molar-refractivity contribution in [3.8, 4) is 0 Å². The molecule has 0 aliphatic carbocycles. The molecule has 1 aliphatic rings. The van der Waals surface area contributed by atoms with Crippen molar-refractivity contribution in [1.82, 2.24) is 5.32 Å². The van der Waals surface area contributed by atoms with Crippen molar-refractivity contribution in [1.29, 1.82) is 0 Å². The molecule has 0 bridgehead atoms. The molecular weight excluding hydrogens is 304 g/mol. The molecule has 0 saturated carbocycles. The topological polar surface area (TPSA) is 69.6 Å². The largest absolute Gasteiger partial charge is 0.391 e. The number of nitrogens with one attached hydrogen (secondary N) is 1. The summed E-state index contributed by atoms with van der Waals surface area (Å²) in [5, 5.41) is 12.7. The summed E-state index contributed by atoms with van der Waals surface area (Å²) in [5.74, 6) is -1.13. The molecule has 2 rings (SSSR count). The highest BCUT2D eigenvalue weighted by molar-refractivity contribution is 6.09. The molecule has 0 spiro atoms. The summed E-state index contributed by atoms with van der Waals surface area (Å²) < 4.78 is 0. The van der Waals surface area contributed by atoms with E-state index in [-0.39, 0.29) is 23.8 Å². The van der Waals surface area contributed by atoms with Gasteiger partial charge in [-0.3, -0.25) is 9.59 Å². The Bertz CT molecular complexity index is 634. The van der Waals surface area contributed by atoms with Gasteiger partial charge in [-0.1, -0.05) is 26.8 Å². The third-order valence-electron chi connectivity index (χ3n) is 4.79. The van der Waals surface area contributed by atoms with Crippen LogP contribution in [-0.4, -0.2) is 36.1 Å².